The van der Waals surface area contributed by atoms with Crippen LogP contribution in [0.3, 0.4) is 0 Å². The van der Waals surface area contributed by atoms with Gasteiger partial charge in [0, 0.05) is 19.4 Å². The summed E-state index contributed by atoms with van der Waals surface area (Å²) in [5, 5.41) is 8.66. The Hall–Kier alpha value is -0.350. The molecule has 1 rings (SSSR count). The molecular weight excluding hydrogens is 208 g/mol. The summed E-state index contributed by atoms with van der Waals surface area (Å²) in [5.74, 6) is 0.959. The zero-order valence-corrected chi connectivity index (χ0v) is 7.98. The maximum atomic E-state index is 8.66. The van der Waals surface area contributed by atoms with Crippen LogP contribution in [0, 0.1) is 0 Å². The zero-order chi connectivity index (χ0) is 8.27. The minimum atomic E-state index is 0.157. The number of hydrogen-bond donors (Lipinski definition) is 2. The number of imidazole rings is 1. The molecule has 1 heterocycles. The van der Waals surface area contributed by atoms with Gasteiger partial charge in [0.25, 0.3) is 0 Å². The molecule has 0 aromatic carbocycles. The topological polar surface area (TPSA) is 48.9 Å². The molecule has 0 amide bonds. The molecule has 0 spiro atoms. The number of halogens is 1. The lowest BCUT2D eigenvalue weighted by Crippen LogP contribution is -1.91. The molecule has 1 aromatic rings. The monoisotopic (exact) mass is 218 g/mol. The zero-order valence-electron chi connectivity index (χ0n) is 6.39. The molecule has 0 bridgehead atoms. The number of rotatable bonds is 3. The van der Waals surface area contributed by atoms with Crippen molar-refractivity contribution in [3.8, 4) is 0 Å². The number of H-pyrrole nitrogens is 1. The normalized spacial score (nSPS) is 10.5. The van der Waals surface area contributed by atoms with Gasteiger partial charge in [0.15, 0.2) is 0 Å². The van der Waals surface area contributed by atoms with E-state index < -0.39 is 0 Å². The van der Waals surface area contributed by atoms with Gasteiger partial charge < -0.3 is 10.1 Å². The molecular formula is C7H11BrN2O. The van der Waals surface area contributed by atoms with Crippen molar-refractivity contribution in [3.63, 3.8) is 0 Å². The quantitative estimate of drug-likeness (QED) is 0.804. The van der Waals surface area contributed by atoms with Crippen molar-refractivity contribution >= 4 is 15.9 Å². The van der Waals surface area contributed by atoms with Crippen LogP contribution in [-0.4, -0.2) is 21.7 Å². The smallest absolute Gasteiger partial charge is 0.127 e. The Morgan fingerprint density at radius 2 is 2.36 bits per heavy atom. The van der Waals surface area contributed by atoms with Crippen molar-refractivity contribution in [1.29, 1.82) is 0 Å². The third kappa shape index (κ3) is 2.04. The van der Waals surface area contributed by atoms with E-state index in [1.165, 1.54) is 0 Å². The second kappa shape index (κ2) is 3.88. The first-order valence-corrected chi connectivity index (χ1v) is 4.41. The van der Waals surface area contributed by atoms with Gasteiger partial charge in [0.2, 0.25) is 0 Å². The van der Waals surface area contributed by atoms with Crippen LogP contribution < -0.4 is 0 Å². The van der Waals surface area contributed by atoms with Crippen LogP contribution in [0.1, 0.15) is 18.4 Å². The minimum Gasteiger partial charge on any atom is -0.396 e. The van der Waals surface area contributed by atoms with Gasteiger partial charge in [-0.2, -0.15) is 0 Å². The average molecular weight is 219 g/mol. The number of aliphatic hydroxyl groups excluding tert-OH is 1. The SMILES string of the molecule is CCc1nc(Br)c(CCO)[nH]1. The van der Waals surface area contributed by atoms with Crippen LogP contribution in [0.4, 0.5) is 0 Å². The summed E-state index contributed by atoms with van der Waals surface area (Å²) in [6.45, 7) is 2.19. The first kappa shape index (κ1) is 8.74. The molecule has 4 heteroatoms. The predicted molar refractivity (Wildman–Crippen MR) is 46.5 cm³/mol. The summed E-state index contributed by atoms with van der Waals surface area (Å²) in [6, 6.07) is 0. The maximum absolute atomic E-state index is 8.66. The lowest BCUT2D eigenvalue weighted by Gasteiger charge is -1.91. The number of aliphatic hydroxyl groups is 1. The molecule has 0 radical (unpaired) electrons. The molecule has 1 aromatic heterocycles. The fraction of sp³-hybridized carbons (Fsp3) is 0.571. The van der Waals surface area contributed by atoms with E-state index in [1.54, 1.807) is 0 Å². The highest BCUT2D eigenvalue weighted by Crippen LogP contribution is 2.13. The number of aryl methyl sites for hydroxylation is 1. The molecule has 62 valence electrons. The van der Waals surface area contributed by atoms with Gasteiger partial charge in [0.05, 0.1) is 5.69 Å². The van der Waals surface area contributed by atoms with Gasteiger partial charge in [0.1, 0.15) is 10.4 Å². The first-order valence-electron chi connectivity index (χ1n) is 3.62. The van der Waals surface area contributed by atoms with Crippen molar-refractivity contribution in [2.75, 3.05) is 6.61 Å². The van der Waals surface area contributed by atoms with Gasteiger partial charge in [-0.1, -0.05) is 6.92 Å². The molecule has 0 unspecified atom stereocenters. The van der Waals surface area contributed by atoms with Crippen molar-refractivity contribution in [3.05, 3.63) is 16.1 Å². The van der Waals surface area contributed by atoms with Crippen molar-refractivity contribution in [2.45, 2.75) is 19.8 Å². The summed E-state index contributed by atoms with van der Waals surface area (Å²) in [6.07, 6.45) is 1.53. The van der Waals surface area contributed by atoms with Gasteiger partial charge >= 0.3 is 0 Å². The van der Waals surface area contributed by atoms with Crippen molar-refractivity contribution in [2.24, 2.45) is 0 Å². The second-order valence-electron chi connectivity index (χ2n) is 2.28. The van der Waals surface area contributed by atoms with Gasteiger partial charge in [-0.05, 0) is 15.9 Å². The number of nitrogens with one attached hydrogen (secondary N) is 1. The van der Waals surface area contributed by atoms with E-state index in [4.69, 9.17) is 5.11 Å². The predicted octanol–water partition coefficient (Wildman–Crippen LogP) is 1.27. The standard InChI is InChI=1S/C7H11BrN2O/c1-2-6-9-5(3-4-11)7(8)10-6/h11H,2-4H2,1H3,(H,9,10). The number of hydrogen-bond acceptors (Lipinski definition) is 2. The van der Waals surface area contributed by atoms with Crippen molar-refractivity contribution in [1.82, 2.24) is 9.97 Å². The van der Waals surface area contributed by atoms with E-state index >= 15 is 0 Å². The lowest BCUT2D eigenvalue weighted by atomic mass is 10.3. The Morgan fingerprint density at radius 1 is 1.64 bits per heavy atom. The Labute approximate surface area is 74.0 Å². The van der Waals surface area contributed by atoms with Crippen LogP contribution in [0.25, 0.3) is 0 Å². The molecule has 11 heavy (non-hydrogen) atoms. The Bertz CT molecular complexity index is 234. The summed E-state index contributed by atoms with van der Waals surface area (Å²) >= 11 is 3.31. The van der Waals surface area contributed by atoms with Gasteiger partial charge in [-0.25, -0.2) is 4.98 Å². The van der Waals surface area contributed by atoms with Crippen LogP contribution in [0.15, 0.2) is 4.60 Å². The third-order valence-corrected chi connectivity index (χ3v) is 2.13. The second-order valence-corrected chi connectivity index (χ2v) is 3.03. The highest BCUT2D eigenvalue weighted by molar-refractivity contribution is 9.10. The van der Waals surface area contributed by atoms with Gasteiger partial charge in [-0.3, -0.25) is 0 Å². The summed E-state index contributed by atoms with van der Waals surface area (Å²) in [4.78, 5) is 7.31. The van der Waals surface area contributed by atoms with Crippen LogP contribution in [0.2, 0.25) is 0 Å². The molecule has 3 nitrogen and oxygen atoms in total. The van der Waals surface area contributed by atoms with Crippen LogP contribution >= 0.6 is 15.9 Å². The lowest BCUT2D eigenvalue weighted by molar-refractivity contribution is 0.298. The highest BCUT2D eigenvalue weighted by atomic mass is 79.9. The Balaban J connectivity index is 2.79. The van der Waals surface area contributed by atoms with E-state index in [0.717, 1.165) is 22.5 Å². The molecule has 0 fully saturated rings. The Morgan fingerprint density at radius 3 is 2.82 bits per heavy atom. The molecule has 0 saturated carbocycles. The molecule has 0 atom stereocenters. The molecule has 0 aliphatic rings. The summed E-state index contributed by atoms with van der Waals surface area (Å²) in [7, 11) is 0. The molecule has 0 saturated heterocycles. The minimum absolute atomic E-state index is 0.157. The van der Waals surface area contributed by atoms with E-state index in [9.17, 15) is 0 Å². The highest BCUT2D eigenvalue weighted by Gasteiger charge is 2.04. The largest absolute Gasteiger partial charge is 0.396 e. The molecule has 0 aliphatic carbocycles. The molecule has 0 aliphatic heterocycles. The maximum Gasteiger partial charge on any atom is 0.127 e. The van der Waals surface area contributed by atoms with E-state index in [-0.39, 0.29) is 6.61 Å². The van der Waals surface area contributed by atoms with Crippen LogP contribution in [-0.2, 0) is 12.8 Å². The summed E-state index contributed by atoms with van der Waals surface area (Å²) in [5.41, 5.74) is 0.976. The Kier molecular flexibility index (Phi) is 3.08. The fourth-order valence-electron chi connectivity index (χ4n) is 0.885. The van der Waals surface area contributed by atoms with Crippen molar-refractivity contribution < 1.29 is 5.11 Å². The average Bonchev–Trinajstić information content (AvgIpc) is 2.33. The van der Waals surface area contributed by atoms with Gasteiger partial charge in [-0.15, -0.1) is 0 Å². The number of aromatic nitrogens is 2. The third-order valence-electron chi connectivity index (χ3n) is 1.47. The van der Waals surface area contributed by atoms with E-state index in [2.05, 4.69) is 25.9 Å². The fourth-order valence-corrected chi connectivity index (χ4v) is 1.40. The number of nitrogens with zero attached hydrogens (tertiary/aromatic N) is 1. The van der Waals surface area contributed by atoms with E-state index in [0.29, 0.717) is 6.42 Å². The number of aromatic amines is 1. The summed E-state index contributed by atoms with van der Waals surface area (Å²) < 4.78 is 0.823. The first-order chi connectivity index (χ1) is 5.27. The van der Waals surface area contributed by atoms with E-state index in [1.807, 2.05) is 6.92 Å². The van der Waals surface area contributed by atoms with Crippen LogP contribution in [0.5, 0.6) is 0 Å². The molecule has 2 N–H and O–H groups in total.